The molecule has 5 nitrogen and oxygen atoms in total. The fourth-order valence-electron chi connectivity index (χ4n) is 1.25. The summed E-state index contributed by atoms with van der Waals surface area (Å²) < 4.78 is 5.11. The zero-order chi connectivity index (χ0) is 13.4. The molecule has 0 rings (SSSR count). The first kappa shape index (κ1) is 15.6. The Hall–Kier alpha value is -1.36. The highest BCUT2D eigenvalue weighted by molar-refractivity contribution is 5.79. The Morgan fingerprint density at radius 1 is 1.29 bits per heavy atom. The fraction of sp³-hybridized carbons (Fsp3) is 0.667. The molecular weight excluding hydrogens is 222 g/mol. The van der Waals surface area contributed by atoms with Crippen LogP contribution in [-0.2, 0) is 14.3 Å². The molecule has 5 heteroatoms. The van der Waals surface area contributed by atoms with Gasteiger partial charge in [-0.05, 0) is 19.8 Å². The minimum atomic E-state index is -1.00. The minimum absolute atomic E-state index is 0.0829. The second-order valence-electron chi connectivity index (χ2n) is 4.36. The number of aliphatic carboxylic acids is 1. The molecule has 0 aromatic carbocycles. The quantitative estimate of drug-likeness (QED) is 0.519. The van der Waals surface area contributed by atoms with Gasteiger partial charge in [0.2, 0.25) is 0 Å². The van der Waals surface area contributed by atoms with Gasteiger partial charge < -0.3 is 15.2 Å². The van der Waals surface area contributed by atoms with E-state index in [-0.39, 0.29) is 18.0 Å². The Balaban J connectivity index is 4.25. The average molecular weight is 243 g/mol. The van der Waals surface area contributed by atoms with Gasteiger partial charge in [0.1, 0.15) is 6.04 Å². The Morgan fingerprint density at radius 2 is 1.88 bits per heavy atom. The molecule has 0 unspecified atom stereocenters. The SMILES string of the molecule is CC(C)OC(=O)[C@H](NC/C=C/C(=O)O)C(C)C. The molecule has 1 atom stereocenters. The largest absolute Gasteiger partial charge is 0.478 e. The smallest absolute Gasteiger partial charge is 0.328 e. The van der Waals surface area contributed by atoms with Crippen molar-refractivity contribution in [1.82, 2.24) is 5.32 Å². The maximum atomic E-state index is 11.7. The Kier molecular flexibility index (Phi) is 7.21. The molecule has 0 heterocycles. The van der Waals surface area contributed by atoms with Gasteiger partial charge in [0.25, 0.3) is 0 Å². The van der Waals surface area contributed by atoms with Gasteiger partial charge in [0, 0.05) is 12.6 Å². The average Bonchev–Trinajstić information content (AvgIpc) is 2.14. The number of rotatable bonds is 7. The molecule has 0 aliphatic carbocycles. The number of esters is 1. The van der Waals surface area contributed by atoms with E-state index in [2.05, 4.69) is 5.32 Å². The van der Waals surface area contributed by atoms with Crippen molar-refractivity contribution >= 4 is 11.9 Å². The number of carboxylic acids is 1. The van der Waals surface area contributed by atoms with E-state index in [9.17, 15) is 9.59 Å². The molecule has 0 spiro atoms. The van der Waals surface area contributed by atoms with Gasteiger partial charge in [0.15, 0.2) is 0 Å². The van der Waals surface area contributed by atoms with Crippen molar-refractivity contribution in [3.8, 4) is 0 Å². The van der Waals surface area contributed by atoms with Crippen LogP contribution in [0.5, 0.6) is 0 Å². The number of nitrogens with one attached hydrogen (secondary N) is 1. The number of carboxylic acid groups (broad SMARTS) is 1. The zero-order valence-electron chi connectivity index (χ0n) is 10.8. The summed E-state index contributed by atoms with van der Waals surface area (Å²) in [5.41, 5.74) is 0. The zero-order valence-corrected chi connectivity index (χ0v) is 10.8. The van der Waals surface area contributed by atoms with Gasteiger partial charge in [-0.2, -0.15) is 0 Å². The van der Waals surface area contributed by atoms with Crippen molar-refractivity contribution in [3.05, 3.63) is 12.2 Å². The van der Waals surface area contributed by atoms with Crippen LogP contribution in [0.25, 0.3) is 0 Å². The normalized spacial score (nSPS) is 13.3. The van der Waals surface area contributed by atoms with Crippen molar-refractivity contribution in [2.45, 2.75) is 39.8 Å². The summed E-state index contributed by atoms with van der Waals surface area (Å²) in [6.45, 7) is 7.71. The first-order valence-corrected chi connectivity index (χ1v) is 5.68. The lowest BCUT2D eigenvalue weighted by Gasteiger charge is -2.21. The van der Waals surface area contributed by atoms with E-state index in [1.807, 2.05) is 13.8 Å². The van der Waals surface area contributed by atoms with Gasteiger partial charge in [-0.1, -0.05) is 19.9 Å². The Morgan fingerprint density at radius 3 is 2.29 bits per heavy atom. The third-order valence-corrected chi connectivity index (χ3v) is 1.99. The van der Waals surface area contributed by atoms with E-state index in [0.717, 1.165) is 6.08 Å². The molecule has 0 aliphatic heterocycles. The first-order chi connectivity index (χ1) is 7.84. The van der Waals surface area contributed by atoms with E-state index >= 15 is 0 Å². The van der Waals surface area contributed by atoms with Crippen LogP contribution in [0.3, 0.4) is 0 Å². The van der Waals surface area contributed by atoms with Crippen LogP contribution in [0.1, 0.15) is 27.7 Å². The van der Waals surface area contributed by atoms with Crippen molar-refractivity contribution < 1.29 is 19.4 Å². The van der Waals surface area contributed by atoms with Crippen LogP contribution in [-0.4, -0.2) is 35.7 Å². The minimum Gasteiger partial charge on any atom is -0.478 e. The molecular formula is C12H21NO4. The Labute approximate surface area is 102 Å². The number of carbonyl (C=O) groups excluding carboxylic acids is 1. The molecule has 98 valence electrons. The highest BCUT2D eigenvalue weighted by atomic mass is 16.5. The number of hydrogen-bond donors (Lipinski definition) is 2. The first-order valence-electron chi connectivity index (χ1n) is 5.68. The highest BCUT2D eigenvalue weighted by Gasteiger charge is 2.23. The van der Waals surface area contributed by atoms with Crippen molar-refractivity contribution in [1.29, 1.82) is 0 Å². The number of carbonyl (C=O) groups is 2. The topological polar surface area (TPSA) is 75.6 Å². The summed E-state index contributed by atoms with van der Waals surface area (Å²) in [5, 5.41) is 11.4. The lowest BCUT2D eigenvalue weighted by atomic mass is 10.0. The maximum Gasteiger partial charge on any atom is 0.328 e. The standard InChI is InChI=1S/C12H21NO4/c1-8(2)11(12(16)17-9(3)4)13-7-5-6-10(14)15/h5-6,8-9,11,13H,7H2,1-4H3,(H,14,15)/b6-5+/t11-/m1/s1. The molecule has 0 aliphatic rings. The van der Waals surface area contributed by atoms with Crippen LogP contribution in [0.4, 0.5) is 0 Å². The Bertz CT molecular complexity index is 284. The van der Waals surface area contributed by atoms with Crippen LogP contribution in [0, 0.1) is 5.92 Å². The number of hydrogen-bond acceptors (Lipinski definition) is 4. The maximum absolute atomic E-state index is 11.7. The third kappa shape index (κ3) is 7.52. The highest BCUT2D eigenvalue weighted by Crippen LogP contribution is 2.05. The van der Waals surface area contributed by atoms with Crippen molar-refractivity contribution in [2.75, 3.05) is 6.54 Å². The van der Waals surface area contributed by atoms with Gasteiger partial charge in [-0.25, -0.2) is 4.79 Å². The number of ether oxygens (including phenoxy) is 1. The fourth-order valence-corrected chi connectivity index (χ4v) is 1.25. The van der Waals surface area contributed by atoms with E-state index in [1.54, 1.807) is 13.8 Å². The predicted molar refractivity (Wildman–Crippen MR) is 64.6 cm³/mol. The molecule has 2 N–H and O–H groups in total. The molecule has 0 saturated heterocycles. The van der Waals surface area contributed by atoms with Gasteiger partial charge in [0.05, 0.1) is 6.10 Å². The molecule has 17 heavy (non-hydrogen) atoms. The second kappa shape index (κ2) is 7.84. The van der Waals surface area contributed by atoms with Crippen LogP contribution in [0.15, 0.2) is 12.2 Å². The van der Waals surface area contributed by atoms with E-state index in [1.165, 1.54) is 6.08 Å². The summed E-state index contributed by atoms with van der Waals surface area (Å²) in [5.74, 6) is -1.23. The molecule has 0 fully saturated rings. The predicted octanol–water partition coefficient (Wildman–Crippen LogP) is 1.19. The van der Waals surface area contributed by atoms with E-state index < -0.39 is 12.0 Å². The molecule has 0 radical (unpaired) electrons. The van der Waals surface area contributed by atoms with Gasteiger partial charge in [-0.3, -0.25) is 4.79 Å². The van der Waals surface area contributed by atoms with Gasteiger partial charge in [-0.15, -0.1) is 0 Å². The van der Waals surface area contributed by atoms with E-state index in [0.29, 0.717) is 6.54 Å². The lowest BCUT2D eigenvalue weighted by molar-refractivity contribution is -0.151. The lowest BCUT2D eigenvalue weighted by Crippen LogP contribution is -2.43. The summed E-state index contributed by atoms with van der Waals surface area (Å²) in [4.78, 5) is 21.9. The molecule has 0 aromatic heterocycles. The third-order valence-electron chi connectivity index (χ3n) is 1.99. The summed E-state index contributed by atoms with van der Waals surface area (Å²) in [7, 11) is 0. The molecule has 0 amide bonds. The molecule has 0 saturated carbocycles. The van der Waals surface area contributed by atoms with Crippen molar-refractivity contribution in [3.63, 3.8) is 0 Å². The van der Waals surface area contributed by atoms with Gasteiger partial charge >= 0.3 is 11.9 Å². The summed E-state index contributed by atoms with van der Waals surface area (Å²) >= 11 is 0. The van der Waals surface area contributed by atoms with Crippen LogP contribution in [0.2, 0.25) is 0 Å². The second-order valence-corrected chi connectivity index (χ2v) is 4.36. The molecule has 0 bridgehead atoms. The summed E-state index contributed by atoms with van der Waals surface area (Å²) in [6, 6.07) is -0.421. The van der Waals surface area contributed by atoms with Crippen LogP contribution < -0.4 is 5.32 Å². The van der Waals surface area contributed by atoms with E-state index in [4.69, 9.17) is 9.84 Å². The van der Waals surface area contributed by atoms with Crippen LogP contribution >= 0.6 is 0 Å². The monoisotopic (exact) mass is 243 g/mol. The molecule has 0 aromatic rings. The van der Waals surface area contributed by atoms with Crippen molar-refractivity contribution in [2.24, 2.45) is 5.92 Å². The summed E-state index contributed by atoms with van der Waals surface area (Å²) in [6.07, 6.45) is 2.35.